The number of tetrazole rings is 1. The summed E-state index contributed by atoms with van der Waals surface area (Å²) in [6.45, 7) is 1.62. The third-order valence-corrected chi connectivity index (χ3v) is 5.30. The minimum absolute atomic E-state index is 0.0139. The summed E-state index contributed by atoms with van der Waals surface area (Å²) in [6.07, 6.45) is 1.42. The molecule has 1 unspecified atom stereocenters. The van der Waals surface area contributed by atoms with E-state index in [1.165, 1.54) is 11.1 Å². The van der Waals surface area contributed by atoms with Gasteiger partial charge in [0.15, 0.2) is 6.33 Å². The van der Waals surface area contributed by atoms with Crippen LogP contribution in [0.3, 0.4) is 0 Å². The molecule has 0 aliphatic carbocycles. The molecule has 0 radical (unpaired) electrons. The van der Waals surface area contributed by atoms with Gasteiger partial charge < -0.3 is 14.7 Å². The highest BCUT2D eigenvalue weighted by molar-refractivity contribution is 5.94. The Kier molecular flexibility index (Phi) is 6.19. The van der Waals surface area contributed by atoms with Gasteiger partial charge in [0.1, 0.15) is 18.5 Å². The van der Waals surface area contributed by atoms with Crippen LogP contribution in [0.25, 0.3) is 0 Å². The van der Waals surface area contributed by atoms with Crippen molar-refractivity contribution < 1.29 is 14.6 Å². The lowest BCUT2D eigenvalue weighted by molar-refractivity contribution is 0.0788. The van der Waals surface area contributed by atoms with E-state index in [-0.39, 0.29) is 25.0 Å². The predicted molar refractivity (Wildman–Crippen MR) is 110 cm³/mol. The van der Waals surface area contributed by atoms with Crippen molar-refractivity contribution in [1.82, 2.24) is 25.1 Å². The Morgan fingerprint density at radius 1 is 1.23 bits per heavy atom. The van der Waals surface area contributed by atoms with Crippen LogP contribution in [0, 0.1) is 11.3 Å². The van der Waals surface area contributed by atoms with Crippen LogP contribution in [0.2, 0.25) is 0 Å². The number of carbonyl (C=O) groups is 1. The van der Waals surface area contributed by atoms with E-state index in [1.54, 1.807) is 24.3 Å². The number of amides is 1. The van der Waals surface area contributed by atoms with E-state index in [9.17, 15) is 9.90 Å². The summed E-state index contributed by atoms with van der Waals surface area (Å²) in [7, 11) is 0. The van der Waals surface area contributed by atoms with Crippen LogP contribution in [-0.4, -0.2) is 61.9 Å². The second-order valence-corrected chi connectivity index (χ2v) is 7.45. The summed E-state index contributed by atoms with van der Waals surface area (Å²) in [5.74, 6) is 0.833. The van der Waals surface area contributed by atoms with Crippen molar-refractivity contribution in [2.75, 3.05) is 19.7 Å². The predicted octanol–water partition coefficient (Wildman–Crippen LogP) is 1.61. The zero-order valence-corrected chi connectivity index (χ0v) is 16.8. The van der Waals surface area contributed by atoms with Gasteiger partial charge in [0.2, 0.25) is 0 Å². The SMILES string of the molecule is N#Cc1ccc(C2CCN(C(=O)c3ccc(OC[C@H](O)Cn4ncnn4)cc3)C2)cc1. The van der Waals surface area contributed by atoms with Gasteiger partial charge >= 0.3 is 0 Å². The summed E-state index contributed by atoms with van der Waals surface area (Å²) in [4.78, 5) is 16.0. The second-order valence-electron chi connectivity index (χ2n) is 7.45. The van der Waals surface area contributed by atoms with Gasteiger partial charge in [0, 0.05) is 24.6 Å². The number of aliphatic hydroxyl groups excluding tert-OH is 1. The molecule has 2 atom stereocenters. The molecule has 2 heterocycles. The number of nitrogens with zero attached hydrogens (tertiary/aromatic N) is 6. The monoisotopic (exact) mass is 418 g/mol. The fraction of sp³-hybridized carbons (Fsp3) is 0.318. The lowest BCUT2D eigenvalue weighted by atomic mass is 9.97. The molecule has 1 N–H and O–H groups in total. The van der Waals surface area contributed by atoms with Crippen molar-refractivity contribution in [3.63, 3.8) is 0 Å². The Morgan fingerprint density at radius 3 is 2.68 bits per heavy atom. The number of hydrogen-bond acceptors (Lipinski definition) is 7. The first-order valence-corrected chi connectivity index (χ1v) is 10.0. The van der Waals surface area contributed by atoms with Crippen molar-refractivity contribution >= 4 is 5.91 Å². The second kappa shape index (κ2) is 9.36. The zero-order chi connectivity index (χ0) is 21.6. The largest absolute Gasteiger partial charge is 0.491 e. The van der Waals surface area contributed by atoms with E-state index in [0.29, 0.717) is 30.0 Å². The first-order valence-electron chi connectivity index (χ1n) is 10.0. The van der Waals surface area contributed by atoms with E-state index in [0.717, 1.165) is 12.0 Å². The zero-order valence-electron chi connectivity index (χ0n) is 16.8. The average Bonchev–Trinajstić information content (AvgIpc) is 3.50. The maximum atomic E-state index is 12.9. The van der Waals surface area contributed by atoms with Crippen LogP contribution in [0.4, 0.5) is 0 Å². The Balaban J connectivity index is 1.29. The first kappa shape index (κ1) is 20.5. The summed E-state index contributed by atoms with van der Waals surface area (Å²) in [5.41, 5.74) is 2.39. The fourth-order valence-electron chi connectivity index (χ4n) is 3.63. The summed E-state index contributed by atoms with van der Waals surface area (Å²) in [6, 6.07) is 16.6. The van der Waals surface area contributed by atoms with Crippen LogP contribution in [0.5, 0.6) is 5.75 Å². The number of aromatic nitrogens is 4. The third-order valence-electron chi connectivity index (χ3n) is 5.30. The lowest BCUT2D eigenvalue weighted by Crippen LogP contribution is -2.28. The van der Waals surface area contributed by atoms with Gasteiger partial charge in [0.05, 0.1) is 18.2 Å². The van der Waals surface area contributed by atoms with Crippen molar-refractivity contribution in [3.05, 3.63) is 71.5 Å². The highest BCUT2D eigenvalue weighted by atomic mass is 16.5. The maximum Gasteiger partial charge on any atom is 0.253 e. The van der Waals surface area contributed by atoms with Gasteiger partial charge in [-0.05, 0) is 53.6 Å². The summed E-state index contributed by atoms with van der Waals surface area (Å²) >= 11 is 0. The molecule has 9 nitrogen and oxygen atoms in total. The molecule has 2 aromatic carbocycles. The smallest absolute Gasteiger partial charge is 0.253 e. The molecule has 31 heavy (non-hydrogen) atoms. The number of nitriles is 1. The number of carbonyl (C=O) groups excluding carboxylic acids is 1. The first-order chi connectivity index (χ1) is 15.1. The molecule has 3 aromatic rings. The van der Waals surface area contributed by atoms with Crippen LogP contribution < -0.4 is 4.74 Å². The normalized spacial score (nSPS) is 16.6. The van der Waals surface area contributed by atoms with Crippen molar-refractivity contribution in [2.45, 2.75) is 25.0 Å². The van der Waals surface area contributed by atoms with Crippen LogP contribution >= 0.6 is 0 Å². The van der Waals surface area contributed by atoms with E-state index < -0.39 is 6.10 Å². The van der Waals surface area contributed by atoms with Gasteiger partial charge in [0.25, 0.3) is 5.91 Å². The molecule has 158 valence electrons. The van der Waals surface area contributed by atoms with Crippen molar-refractivity contribution in [1.29, 1.82) is 5.26 Å². The highest BCUT2D eigenvalue weighted by Crippen LogP contribution is 2.28. The topological polar surface area (TPSA) is 117 Å². The molecule has 1 aliphatic heterocycles. The summed E-state index contributed by atoms with van der Waals surface area (Å²) in [5, 5.41) is 30.0. The fourth-order valence-corrected chi connectivity index (χ4v) is 3.63. The minimum Gasteiger partial charge on any atom is -0.491 e. The Hall–Kier alpha value is -3.77. The highest BCUT2D eigenvalue weighted by Gasteiger charge is 2.28. The third kappa shape index (κ3) is 5.05. The molecule has 1 saturated heterocycles. The van der Waals surface area contributed by atoms with Crippen molar-refractivity contribution in [3.8, 4) is 11.8 Å². The molecule has 1 amide bonds. The Morgan fingerprint density at radius 2 is 2.00 bits per heavy atom. The quantitative estimate of drug-likeness (QED) is 0.619. The molecular formula is C22H22N6O3. The van der Waals surface area contributed by atoms with Crippen LogP contribution in [0.1, 0.15) is 33.8 Å². The van der Waals surface area contributed by atoms with Crippen molar-refractivity contribution in [2.24, 2.45) is 0 Å². The van der Waals surface area contributed by atoms with Gasteiger partial charge in [-0.2, -0.15) is 10.1 Å². The number of aliphatic hydroxyl groups is 1. The molecule has 1 aromatic heterocycles. The van der Waals surface area contributed by atoms with E-state index >= 15 is 0 Å². The number of benzene rings is 2. The molecule has 1 aliphatic rings. The maximum absolute atomic E-state index is 12.9. The summed E-state index contributed by atoms with van der Waals surface area (Å²) < 4.78 is 5.58. The number of hydrogen-bond donors (Lipinski definition) is 1. The number of ether oxygens (including phenoxy) is 1. The molecule has 4 rings (SSSR count). The molecule has 0 bridgehead atoms. The Bertz CT molecular complexity index is 1040. The number of likely N-dealkylation sites (tertiary alicyclic amines) is 1. The minimum atomic E-state index is -0.778. The van der Waals surface area contributed by atoms with Gasteiger partial charge in [-0.25, -0.2) is 0 Å². The lowest BCUT2D eigenvalue weighted by Gasteiger charge is -2.17. The molecule has 1 fully saturated rings. The molecule has 9 heteroatoms. The van der Waals surface area contributed by atoms with Gasteiger partial charge in [-0.15, -0.1) is 10.2 Å². The van der Waals surface area contributed by atoms with Gasteiger partial charge in [-0.3, -0.25) is 4.79 Å². The van der Waals surface area contributed by atoms with Crippen LogP contribution in [0.15, 0.2) is 54.9 Å². The molecule has 0 saturated carbocycles. The van der Waals surface area contributed by atoms with E-state index in [4.69, 9.17) is 10.00 Å². The van der Waals surface area contributed by atoms with Gasteiger partial charge in [-0.1, -0.05) is 12.1 Å². The molecule has 0 spiro atoms. The van der Waals surface area contributed by atoms with E-state index in [2.05, 4.69) is 21.5 Å². The van der Waals surface area contributed by atoms with E-state index in [1.807, 2.05) is 29.2 Å². The Labute approximate surface area is 179 Å². The standard InChI is InChI=1S/C22H22N6O3/c23-11-16-1-3-17(4-2-16)19-9-10-27(12-19)22(30)18-5-7-21(8-6-18)31-14-20(29)13-28-25-15-24-26-28/h1-8,15,19-20,29H,9-10,12-14H2/t19?,20-/m1/s1. The average molecular weight is 418 g/mol. The van der Waals surface area contributed by atoms with Crippen LogP contribution in [-0.2, 0) is 6.54 Å². The molecular weight excluding hydrogens is 396 g/mol. The number of rotatable bonds is 7.